The Morgan fingerprint density at radius 1 is 1.23 bits per heavy atom. The van der Waals surface area contributed by atoms with Crippen LogP contribution in [0.15, 0.2) is 30.4 Å². The smallest absolute Gasteiger partial charge is 0.321 e. The number of hydrogen-bond acceptors (Lipinski definition) is 4. The summed E-state index contributed by atoms with van der Waals surface area (Å²) in [5.74, 6) is -0.315. The topological polar surface area (TPSA) is 63.6 Å². The highest BCUT2D eigenvalue weighted by Crippen LogP contribution is 2.25. The maximum atomic E-state index is 11.1. The summed E-state index contributed by atoms with van der Waals surface area (Å²) in [5, 5.41) is 9.46. The van der Waals surface area contributed by atoms with Crippen LogP contribution >= 0.6 is 0 Å². The highest BCUT2D eigenvalue weighted by atomic mass is 16.6. The van der Waals surface area contributed by atoms with E-state index in [0.29, 0.717) is 11.7 Å². The molecular formula is C22H32O4. The highest BCUT2D eigenvalue weighted by molar-refractivity contribution is 5.95. The van der Waals surface area contributed by atoms with E-state index in [-0.39, 0.29) is 12.3 Å². The number of esters is 2. The van der Waals surface area contributed by atoms with Crippen molar-refractivity contribution >= 4 is 11.9 Å². The number of aromatic hydroxyl groups is 1. The molecule has 0 saturated carbocycles. The van der Waals surface area contributed by atoms with Crippen molar-refractivity contribution in [3.8, 4) is 5.75 Å². The number of carbonyl (C=O) groups excluding carboxylic acids is 2. The average Bonchev–Trinajstić information content (AvgIpc) is 2.88. The van der Waals surface area contributed by atoms with Gasteiger partial charge in [0.25, 0.3) is 0 Å². The molecule has 0 aliphatic carbocycles. The van der Waals surface area contributed by atoms with Crippen molar-refractivity contribution in [3.05, 3.63) is 41.5 Å². The number of allylic oxidation sites excluding steroid dienone is 1. The number of ether oxygens (including phenoxy) is 1. The SMILES string of the molecule is CCCCCCC=CC1CC(=O)OC1=O.Cc1ccc(C(C)C)c(O)c1. The molecule has 0 aromatic heterocycles. The van der Waals surface area contributed by atoms with Gasteiger partial charge in [-0.05, 0) is 42.9 Å². The van der Waals surface area contributed by atoms with Crippen molar-refractivity contribution in [2.24, 2.45) is 5.92 Å². The Morgan fingerprint density at radius 3 is 2.50 bits per heavy atom. The zero-order chi connectivity index (χ0) is 19.5. The monoisotopic (exact) mass is 360 g/mol. The molecule has 1 N–H and O–H groups in total. The van der Waals surface area contributed by atoms with Gasteiger partial charge >= 0.3 is 11.9 Å². The van der Waals surface area contributed by atoms with Gasteiger partial charge in [-0.15, -0.1) is 0 Å². The molecule has 1 aromatic carbocycles. The van der Waals surface area contributed by atoms with Gasteiger partial charge in [0.2, 0.25) is 0 Å². The Kier molecular flexibility index (Phi) is 9.71. The lowest BCUT2D eigenvalue weighted by molar-refractivity contribution is -0.152. The van der Waals surface area contributed by atoms with Crippen molar-refractivity contribution < 1.29 is 19.4 Å². The molecule has 1 aromatic rings. The summed E-state index contributed by atoms with van der Waals surface area (Å²) < 4.78 is 4.44. The Labute approximate surface area is 157 Å². The largest absolute Gasteiger partial charge is 0.508 e. The molecule has 2 rings (SSSR count). The second-order valence-electron chi connectivity index (χ2n) is 7.10. The molecule has 0 spiro atoms. The zero-order valence-electron chi connectivity index (χ0n) is 16.5. The lowest BCUT2D eigenvalue weighted by atomic mass is 10.0. The Morgan fingerprint density at radius 2 is 1.96 bits per heavy atom. The molecule has 144 valence electrons. The van der Waals surface area contributed by atoms with Crippen LogP contribution in [0.1, 0.15) is 76.3 Å². The van der Waals surface area contributed by atoms with E-state index >= 15 is 0 Å². The third kappa shape index (κ3) is 7.85. The van der Waals surface area contributed by atoms with Crippen molar-refractivity contribution in [2.75, 3.05) is 0 Å². The van der Waals surface area contributed by atoms with Crippen molar-refractivity contribution in [2.45, 2.75) is 72.1 Å². The Balaban J connectivity index is 0.000000273. The predicted molar refractivity (Wildman–Crippen MR) is 104 cm³/mol. The number of hydrogen-bond donors (Lipinski definition) is 1. The van der Waals surface area contributed by atoms with E-state index in [1.54, 1.807) is 12.1 Å². The first kappa shape index (κ1) is 21.9. The Hall–Kier alpha value is -2.10. The lowest BCUT2D eigenvalue weighted by Crippen LogP contribution is -2.03. The molecule has 1 unspecified atom stereocenters. The minimum Gasteiger partial charge on any atom is -0.508 e. The summed E-state index contributed by atoms with van der Waals surface area (Å²) in [6.07, 6.45) is 9.86. The van der Waals surface area contributed by atoms with Gasteiger partial charge in [0.05, 0.1) is 12.3 Å². The van der Waals surface area contributed by atoms with Crippen molar-refractivity contribution in [1.29, 1.82) is 0 Å². The van der Waals surface area contributed by atoms with Gasteiger partial charge in [0.15, 0.2) is 0 Å². The van der Waals surface area contributed by atoms with E-state index in [9.17, 15) is 14.7 Å². The van der Waals surface area contributed by atoms with Crippen molar-refractivity contribution in [3.63, 3.8) is 0 Å². The van der Waals surface area contributed by atoms with Gasteiger partial charge in [-0.1, -0.05) is 64.3 Å². The first-order valence-electron chi connectivity index (χ1n) is 9.55. The van der Waals surface area contributed by atoms with Crippen molar-refractivity contribution in [1.82, 2.24) is 0 Å². The Bertz CT molecular complexity index is 617. The number of phenolic OH excluding ortho intramolecular Hbond substituents is 1. The first-order chi connectivity index (χ1) is 12.3. The molecular weight excluding hydrogens is 328 g/mol. The third-order valence-electron chi connectivity index (χ3n) is 4.30. The molecule has 1 fully saturated rings. The highest BCUT2D eigenvalue weighted by Gasteiger charge is 2.30. The number of phenols is 1. The standard InChI is InChI=1S/C12H18O3.C10H14O/c1-2-3-4-5-6-7-8-10-9-11(13)15-12(10)14;1-7(2)9-5-4-8(3)6-10(9)11/h7-8,10H,2-6,9H2,1H3;4-7,11H,1-3H3. The molecule has 1 heterocycles. The van der Waals surface area contributed by atoms with Gasteiger partial charge in [-0.3, -0.25) is 9.59 Å². The van der Waals surface area contributed by atoms with Crippen LogP contribution in [0, 0.1) is 12.8 Å². The summed E-state index contributed by atoms with van der Waals surface area (Å²) in [7, 11) is 0. The molecule has 26 heavy (non-hydrogen) atoms. The minimum absolute atomic E-state index is 0.213. The zero-order valence-corrected chi connectivity index (χ0v) is 16.5. The van der Waals surface area contributed by atoms with E-state index in [1.165, 1.54) is 19.3 Å². The molecule has 0 bridgehead atoms. The van der Waals surface area contributed by atoms with Crippen LogP contribution < -0.4 is 0 Å². The van der Waals surface area contributed by atoms with E-state index in [1.807, 2.05) is 25.1 Å². The number of benzene rings is 1. The van der Waals surface area contributed by atoms with Crippen LogP contribution in [0.5, 0.6) is 5.75 Å². The molecule has 1 atom stereocenters. The average molecular weight is 360 g/mol. The van der Waals surface area contributed by atoms with Gasteiger partial charge in [0.1, 0.15) is 5.75 Å². The van der Waals surface area contributed by atoms with Gasteiger partial charge < -0.3 is 9.84 Å². The van der Waals surface area contributed by atoms with Gasteiger partial charge in [-0.25, -0.2) is 0 Å². The summed E-state index contributed by atoms with van der Waals surface area (Å²) in [4.78, 5) is 21.8. The summed E-state index contributed by atoms with van der Waals surface area (Å²) in [5.41, 5.74) is 2.13. The molecule has 1 aliphatic heterocycles. The van der Waals surface area contributed by atoms with E-state index < -0.39 is 11.9 Å². The lowest BCUT2D eigenvalue weighted by Gasteiger charge is -2.07. The fourth-order valence-electron chi connectivity index (χ4n) is 2.73. The predicted octanol–water partition coefficient (Wildman–Crippen LogP) is 5.43. The van der Waals surface area contributed by atoms with Crippen LogP contribution in [-0.4, -0.2) is 17.0 Å². The number of carbonyl (C=O) groups is 2. The summed E-state index contributed by atoms with van der Waals surface area (Å²) in [6, 6.07) is 5.81. The van der Waals surface area contributed by atoms with Crippen LogP contribution in [0.4, 0.5) is 0 Å². The fourth-order valence-corrected chi connectivity index (χ4v) is 2.73. The molecule has 4 nitrogen and oxygen atoms in total. The quantitative estimate of drug-likeness (QED) is 0.305. The fraction of sp³-hybridized carbons (Fsp3) is 0.545. The first-order valence-corrected chi connectivity index (χ1v) is 9.55. The molecule has 0 radical (unpaired) electrons. The number of rotatable bonds is 7. The summed E-state index contributed by atoms with van der Waals surface area (Å²) >= 11 is 0. The maximum Gasteiger partial charge on any atom is 0.321 e. The molecule has 1 aliphatic rings. The molecule has 0 amide bonds. The van der Waals surface area contributed by atoms with Gasteiger partial charge in [-0.2, -0.15) is 0 Å². The molecule has 1 saturated heterocycles. The van der Waals surface area contributed by atoms with Gasteiger partial charge in [0, 0.05) is 0 Å². The number of aryl methyl sites for hydroxylation is 1. The van der Waals surface area contributed by atoms with Crippen LogP contribution in [0.3, 0.4) is 0 Å². The van der Waals surface area contributed by atoms with Crippen LogP contribution in [-0.2, 0) is 14.3 Å². The second-order valence-corrected chi connectivity index (χ2v) is 7.10. The number of cyclic esters (lactones) is 2. The van der Waals surface area contributed by atoms with E-state index in [2.05, 4.69) is 25.5 Å². The number of unbranched alkanes of at least 4 members (excludes halogenated alkanes) is 4. The second kappa shape index (κ2) is 11.5. The van der Waals surface area contributed by atoms with Crippen LogP contribution in [0.2, 0.25) is 0 Å². The molecule has 4 heteroatoms. The summed E-state index contributed by atoms with van der Waals surface area (Å²) in [6.45, 7) is 8.30. The van der Waals surface area contributed by atoms with E-state index in [4.69, 9.17) is 0 Å². The third-order valence-corrected chi connectivity index (χ3v) is 4.30. The van der Waals surface area contributed by atoms with E-state index in [0.717, 1.165) is 24.0 Å². The normalized spacial score (nSPS) is 16.7. The van der Waals surface area contributed by atoms with Crippen LogP contribution in [0.25, 0.3) is 0 Å². The minimum atomic E-state index is -0.402. The maximum absolute atomic E-state index is 11.1.